The van der Waals surface area contributed by atoms with Crippen molar-refractivity contribution in [3.8, 4) is 0 Å². The average Bonchev–Trinajstić information content (AvgIpc) is 2.63. The van der Waals surface area contributed by atoms with E-state index in [4.69, 9.17) is 11.6 Å². The van der Waals surface area contributed by atoms with Gasteiger partial charge in [0.15, 0.2) is 9.84 Å². The summed E-state index contributed by atoms with van der Waals surface area (Å²) in [6, 6.07) is 8.89. The summed E-state index contributed by atoms with van der Waals surface area (Å²) >= 11 is 5.80. The molecule has 0 fully saturated rings. The lowest BCUT2D eigenvalue weighted by Gasteiger charge is -2.15. The topological polar surface area (TPSA) is 92.3 Å². The van der Waals surface area contributed by atoms with E-state index in [0.29, 0.717) is 11.8 Å². The number of halogens is 4. The molecule has 0 bridgehead atoms. The SMILES string of the molecule is Cc1ccc(NC(=O)CS(=O)(=O)C(C)C(=O)Nc2cc(C(F)(F)F)ccc2Cl)cc1. The molecule has 0 saturated heterocycles. The molecule has 1 atom stereocenters. The minimum atomic E-state index is -4.67. The first-order valence-corrected chi connectivity index (χ1v) is 10.6. The molecule has 0 aliphatic carbocycles. The number of rotatable bonds is 6. The number of hydrogen-bond acceptors (Lipinski definition) is 4. The first-order valence-electron chi connectivity index (χ1n) is 8.55. The second kappa shape index (κ2) is 9.05. The third kappa shape index (κ3) is 6.20. The lowest BCUT2D eigenvalue weighted by molar-refractivity contribution is -0.137. The zero-order valence-electron chi connectivity index (χ0n) is 15.9. The molecule has 2 rings (SSSR count). The van der Waals surface area contributed by atoms with E-state index in [1.807, 2.05) is 6.92 Å². The van der Waals surface area contributed by atoms with E-state index in [9.17, 15) is 31.2 Å². The Labute approximate surface area is 176 Å². The number of aryl methyl sites for hydroxylation is 1. The Kier molecular flexibility index (Phi) is 7.14. The minimum Gasteiger partial charge on any atom is -0.325 e. The molecule has 6 nitrogen and oxygen atoms in total. The van der Waals surface area contributed by atoms with Gasteiger partial charge in [-0.3, -0.25) is 9.59 Å². The van der Waals surface area contributed by atoms with Crippen molar-refractivity contribution in [3.05, 3.63) is 58.6 Å². The molecule has 2 aromatic rings. The smallest absolute Gasteiger partial charge is 0.325 e. The van der Waals surface area contributed by atoms with E-state index in [0.717, 1.165) is 24.6 Å². The monoisotopic (exact) mass is 462 g/mol. The summed E-state index contributed by atoms with van der Waals surface area (Å²) in [5, 5.41) is 2.58. The van der Waals surface area contributed by atoms with Crippen molar-refractivity contribution in [3.63, 3.8) is 0 Å². The van der Waals surface area contributed by atoms with Gasteiger partial charge in [0, 0.05) is 5.69 Å². The quantitative estimate of drug-likeness (QED) is 0.677. The zero-order chi connectivity index (χ0) is 22.7. The van der Waals surface area contributed by atoms with Crippen LogP contribution in [0.4, 0.5) is 24.5 Å². The number of hydrogen-bond donors (Lipinski definition) is 2. The van der Waals surface area contributed by atoms with Crippen molar-refractivity contribution in [1.29, 1.82) is 0 Å². The molecular weight excluding hydrogens is 445 g/mol. The van der Waals surface area contributed by atoms with E-state index in [1.54, 1.807) is 24.3 Å². The number of sulfone groups is 1. The van der Waals surface area contributed by atoms with Gasteiger partial charge in [-0.05, 0) is 44.2 Å². The number of carbonyl (C=O) groups excluding carboxylic acids is 2. The average molecular weight is 463 g/mol. The molecule has 0 aliphatic heterocycles. The molecule has 0 aliphatic rings. The van der Waals surface area contributed by atoms with Gasteiger partial charge in [-0.2, -0.15) is 13.2 Å². The summed E-state index contributed by atoms with van der Waals surface area (Å²) in [7, 11) is -4.25. The lowest BCUT2D eigenvalue weighted by Crippen LogP contribution is -2.37. The van der Waals surface area contributed by atoms with E-state index < -0.39 is 44.4 Å². The molecule has 2 aromatic carbocycles. The van der Waals surface area contributed by atoms with Crippen LogP contribution in [0.3, 0.4) is 0 Å². The number of anilines is 2. The molecule has 2 amide bonds. The summed E-state index contributed by atoms with van der Waals surface area (Å²) in [4.78, 5) is 24.3. The molecular formula is C19H18ClF3N2O4S. The molecule has 0 aromatic heterocycles. The standard InChI is InChI=1S/C19H18ClF3N2O4S/c1-11-3-6-14(7-4-11)24-17(26)10-30(28,29)12(2)18(27)25-16-9-13(19(21,22)23)5-8-15(16)20/h3-9,12H,10H2,1-2H3,(H,24,26)(H,25,27). The minimum absolute atomic E-state index is 0.196. The van der Waals surface area contributed by atoms with Crippen molar-refractivity contribution in [1.82, 2.24) is 0 Å². The fourth-order valence-corrected chi connectivity index (χ4v) is 3.57. The van der Waals surface area contributed by atoms with Gasteiger partial charge in [-0.25, -0.2) is 8.42 Å². The predicted molar refractivity (Wildman–Crippen MR) is 108 cm³/mol. The van der Waals surface area contributed by atoms with Crippen LogP contribution in [0.5, 0.6) is 0 Å². The van der Waals surface area contributed by atoms with Crippen LogP contribution >= 0.6 is 11.6 Å². The van der Waals surface area contributed by atoms with Crippen LogP contribution in [0, 0.1) is 6.92 Å². The third-order valence-electron chi connectivity index (χ3n) is 4.13. The van der Waals surface area contributed by atoms with Gasteiger partial charge >= 0.3 is 6.18 Å². The predicted octanol–water partition coefficient (Wildman–Crippen LogP) is 4.05. The Morgan fingerprint density at radius 2 is 1.67 bits per heavy atom. The van der Waals surface area contributed by atoms with E-state index in [1.165, 1.54) is 0 Å². The van der Waals surface area contributed by atoms with Crippen molar-refractivity contribution in [2.24, 2.45) is 0 Å². The largest absolute Gasteiger partial charge is 0.416 e. The van der Waals surface area contributed by atoms with Gasteiger partial charge in [0.2, 0.25) is 11.8 Å². The Morgan fingerprint density at radius 3 is 2.23 bits per heavy atom. The normalized spacial score (nSPS) is 12.9. The van der Waals surface area contributed by atoms with Crippen molar-refractivity contribution >= 4 is 44.6 Å². The molecule has 0 saturated carbocycles. The van der Waals surface area contributed by atoms with Crippen LogP contribution in [0.25, 0.3) is 0 Å². The summed E-state index contributed by atoms with van der Waals surface area (Å²) in [5.74, 6) is -2.94. The molecule has 0 radical (unpaired) electrons. The summed E-state index contributed by atoms with van der Waals surface area (Å²) in [6.07, 6.45) is -4.67. The van der Waals surface area contributed by atoms with Gasteiger partial charge in [0.25, 0.3) is 0 Å². The van der Waals surface area contributed by atoms with Gasteiger partial charge in [-0.1, -0.05) is 29.3 Å². The lowest BCUT2D eigenvalue weighted by atomic mass is 10.2. The number of benzene rings is 2. The fourth-order valence-electron chi connectivity index (χ4n) is 2.34. The van der Waals surface area contributed by atoms with Crippen molar-refractivity contribution in [2.75, 3.05) is 16.4 Å². The Bertz CT molecular complexity index is 1050. The van der Waals surface area contributed by atoms with Crippen LogP contribution in [0.2, 0.25) is 5.02 Å². The summed E-state index contributed by atoms with van der Waals surface area (Å²) < 4.78 is 63.3. The number of nitrogens with one attached hydrogen (secondary N) is 2. The molecule has 2 N–H and O–H groups in total. The Balaban J connectivity index is 2.09. The highest BCUT2D eigenvalue weighted by Crippen LogP contribution is 2.34. The van der Waals surface area contributed by atoms with Gasteiger partial charge in [-0.15, -0.1) is 0 Å². The maximum absolute atomic E-state index is 12.8. The molecule has 0 heterocycles. The highest BCUT2D eigenvalue weighted by molar-refractivity contribution is 7.93. The Morgan fingerprint density at radius 1 is 1.07 bits per heavy atom. The van der Waals surface area contributed by atoms with Gasteiger partial charge < -0.3 is 10.6 Å². The van der Waals surface area contributed by atoms with Gasteiger partial charge in [0.1, 0.15) is 11.0 Å². The van der Waals surface area contributed by atoms with E-state index in [2.05, 4.69) is 10.6 Å². The fraction of sp³-hybridized carbons (Fsp3) is 0.263. The second-order valence-electron chi connectivity index (χ2n) is 6.55. The molecule has 11 heteroatoms. The molecule has 1 unspecified atom stereocenters. The van der Waals surface area contributed by atoms with Crippen molar-refractivity contribution in [2.45, 2.75) is 25.3 Å². The number of amides is 2. The molecule has 30 heavy (non-hydrogen) atoms. The van der Waals surface area contributed by atoms with Crippen LogP contribution in [0.1, 0.15) is 18.1 Å². The highest BCUT2D eigenvalue weighted by Gasteiger charge is 2.33. The number of alkyl halides is 3. The first-order chi connectivity index (χ1) is 13.8. The van der Waals surface area contributed by atoms with E-state index in [-0.39, 0.29) is 10.7 Å². The van der Waals surface area contributed by atoms with Gasteiger partial charge in [0.05, 0.1) is 16.3 Å². The molecule has 0 spiro atoms. The highest BCUT2D eigenvalue weighted by atomic mass is 35.5. The Hall–Kier alpha value is -2.59. The number of carbonyl (C=O) groups is 2. The first kappa shape index (κ1) is 23.7. The second-order valence-corrected chi connectivity index (χ2v) is 9.27. The zero-order valence-corrected chi connectivity index (χ0v) is 17.5. The van der Waals surface area contributed by atoms with Crippen LogP contribution in [-0.4, -0.2) is 31.2 Å². The van der Waals surface area contributed by atoms with Crippen LogP contribution in [0.15, 0.2) is 42.5 Å². The summed E-state index contributed by atoms with van der Waals surface area (Å²) in [5.41, 5.74) is -0.120. The summed E-state index contributed by atoms with van der Waals surface area (Å²) in [6.45, 7) is 2.87. The maximum Gasteiger partial charge on any atom is 0.416 e. The van der Waals surface area contributed by atoms with Crippen molar-refractivity contribution < 1.29 is 31.2 Å². The molecule has 162 valence electrons. The van der Waals surface area contributed by atoms with Crippen LogP contribution < -0.4 is 10.6 Å². The van der Waals surface area contributed by atoms with E-state index >= 15 is 0 Å². The third-order valence-corrected chi connectivity index (χ3v) is 6.41. The van der Waals surface area contributed by atoms with Crippen LogP contribution in [-0.2, 0) is 25.6 Å². The maximum atomic E-state index is 12.8.